The zero-order valence-corrected chi connectivity index (χ0v) is 25.9. The predicted octanol–water partition coefficient (Wildman–Crippen LogP) is 5.57. The fourth-order valence-electron chi connectivity index (χ4n) is 5.26. The first-order chi connectivity index (χ1) is 20.9. The highest BCUT2D eigenvalue weighted by Gasteiger charge is 2.36. The number of benzene rings is 2. The Hall–Kier alpha value is -4.32. The molecule has 1 fully saturated rings. The van der Waals surface area contributed by atoms with Gasteiger partial charge in [-0.25, -0.2) is 14.8 Å². The van der Waals surface area contributed by atoms with Crippen molar-refractivity contribution in [3.05, 3.63) is 82.5 Å². The van der Waals surface area contributed by atoms with Crippen LogP contribution in [0, 0.1) is 0 Å². The number of piperidine rings is 1. The number of hydrogen-bond donors (Lipinski definition) is 1. The van der Waals surface area contributed by atoms with Crippen molar-refractivity contribution < 1.29 is 28.5 Å². The molecule has 0 spiro atoms. The lowest BCUT2D eigenvalue weighted by molar-refractivity contribution is -0.143. The first-order valence-electron chi connectivity index (χ1n) is 14.0. The number of imidazole rings is 1. The summed E-state index contributed by atoms with van der Waals surface area (Å²) in [5, 5.41) is 3.41. The van der Waals surface area contributed by atoms with Gasteiger partial charge in [-0.15, -0.1) is 0 Å². The molecule has 1 N–H and O–H groups in total. The van der Waals surface area contributed by atoms with Gasteiger partial charge in [0.15, 0.2) is 5.82 Å². The number of rotatable bonds is 10. The molecule has 1 saturated heterocycles. The van der Waals surface area contributed by atoms with Gasteiger partial charge in [0.05, 0.1) is 20.3 Å². The second-order valence-corrected chi connectivity index (χ2v) is 11.0. The molecule has 43 heavy (non-hydrogen) atoms. The van der Waals surface area contributed by atoms with Crippen LogP contribution in [0.1, 0.15) is 42.6 Å². The van der Waals surface area contributed by atoms with Crippen LogP contribution in [0.3, 0.4) is 0 Å². The van der Waals surface area contributed by atoms with Crippen LogP contribution in [0.5, 0.6) is 11.5 Å². The minimum atomic E-state index is -0.455. The summed E-state index contributed by atoms with van der Waals surface area (Å²) in [5.74, 6) is 2.38. The highest BCUT2D eigenvalue weighted by Crippen LogP contribution is 2.35. The number of likely N-dealkylation sites (tertiary alicyclic amines) is 1. The molecule has 1 aliphatic rings. The van der Waals surface area contributed by atoms with E-state index < -0.39 is 6.09 Å². The number of carbonyl (C=O) groups excluding carboxylic acids is 2. The second kappa shape index (κ2) is 13.8. The number of halogens is 1. The Bertz CT molecular complexity index is 1580. The van der Waals surface area contributed by atoms with E-state index in [9.17, 15) is 9.59 Å². The fraction of sp³-hybridized carbons (Fsp3) is 0.355. The van der Waals surface area contributed by atoms with Crippen molar-refractivity contribution in [2.75, 3.05) is 32.7 Å². The number of nitrogens with zero attached hydrogens (tertiary/aromatic N) is 4. The van der Waals surface area contributed by atoms with Crippen LogP contribution in [-0.4, -0.2) is 64.7 Å². The van der Waals surface area contributed by atoms with Crippen molar-refractivity contribution in [1.82, 2.24) is 19.3 Å². The minimum absolute atomic E-state index is 0.0893. The number of hydrogen-bond acceptors (Lipinski definition) is 9. The van der Waals surface area contributed by atoms with E-state index in [0.29, 0.717) is 41.4 Å². The normalized spacial score (nSPS) is 16.5. The largest absolute Gasteiger partial charge is 0.497 e. The molecule has 3 heterocycles. The molecule has 2 aromatic carbocycles. The maximum atomic E-state index is 13.3. The van der Waals surface area contributed by atoms with Crippen molar-refractivity contribution in [2.24, 2.45) is 0 Å². The molecule has 5 rings (SSSR count). The van der Waals surface area contributed by atoms with Gasteiger partial charge < -0.3 is 29.2 Å². The van der Waals surface area contributed by atoms with Crippen molar-refractivity contribution in [2.45, 2.75) is 44.9 Å². The van der Waals surface area contributed by atoms with Gasteiger partial charge in [-0.3, -0.25) is 9.20 Å². The zero-order valence-electron chi connectivity index (χ0n) is 24.3. The minimum Gasteiger partial charge on any atom is -0.497 e. The van der Waals surface area contributed by atoms with Gasteiger partial charge in [0.25, 0.3) is 0 Å². The molecular weight excluding hydrogens is 618 g/mol. The summed E-state index contributed by atoms with van der Waals surface area (Å²) in [7, 11) is 3.24. The molecule has 2 atom stereocenters. The quantitative estimate of drug-likeness (QED) is 0.220. The van der Waals surface area contributed by atoms with E-state index in [0.717, 1.165) is 28.9 Å². The molecular formula is C31H34BrN5O6. The third-order valence-corrected chi connectivity index (χ3v) is 8.02. The Morgan fingerprint density at radius 3 is 2.63 bits per heavy atom. The Labute approximate surface area is 258 Å². The first kappa shape index (κ1) is 30.1. The molecule has 1 aliphatic heterocycles. The van der Waals surface area contributed by atoms with Gasteiger partial charge in [-0.1, -0.05) is 30.3 Å². The molecule has 0 bridgehead atoms. The molecule has 0 unspecified atom stereocenters. The van der Waals surface area contributed by atoms with E-state index in [2.05, 4.69) is 26.2 Å². The van der Waals surface area contributed by atoms with Gasteiger partial charge in [0.1, 0.15) is 40.7 Å². The van der Waals surface area contributed by atoms with Crippen molar-refractivity contribution >= 4 is 39.3 Å². The molecule has 0 saturated carbocycles. The van der Waals surface area contributed by atoms with Crippen LogP contribution >= 0.6 is 15.9 Å². The summed E-state index contributed by atoms with van der Waals surface area (Å²) in [6.45, 7) is 2.45. The summed E-state index contributed by atoms with van der Waals surface area (Å²) in [4.78, 5) is 36.0. The highest BCUT2D eigenvalue weighted by molar-refractivity contribution is 9.10. The summed E-state index contributed by atoms with van der Waals surface area (Å²) >= 11 is 3.64. The van der Waals surface area contributed by atoms with E-state index >= 15 is 0 Å². The van der Waals surface area contributed by atoms with Gasteiger partial charge in [0.2, 0.25) is 0 Å². The average Bonchev–Trinajstić information content (AvgIpc) is 3.38. The lowest BCUT2D eigenvalue weighted by Crippen LogP contribution is -2.49. The summed E-state index contributed by atoms with van der Waals surface area (Å²) in [5.41, 5.74) is 2.62. The summed E-state index contributed by atoms with van der Waals surface area (Å²) in [6.07, 6.45) is 4.50. The van der Waals surface area contributed by atoms with Gasteiger partial charge >= 0.3 is 12.1 Å². The van der Waals surface area contributed by atoms with E-state index in [1.807, 2.05) is 59.1 Å². The third-order valence-electron chi connectivity index (χ3n) is 7.47. The van der Waals surface area contributed by atoms with Crippen LogP contribution in [0.2, 0.25) is 0 Å². The second-order valence-electron chi connectivity index (χ2n) is 10.2. The van der Waals surface area contributed by atoms with Crippen molar-refractivity contribution in [1.29, 1.82) is 0 Å². The van der Waals surface area contributed by atoms with Gasteiger partial charge in [0, 0.05) is 50.0 Å². The zero-order chi connectivity index (χ0) is 30.3. The Morgan fingerprint density at radius 1 is 1.07 bits per heavy atom. The standard InChI is InChI=1S/C31H34BrN5O6/c1-20(38)42-19-24-11-9-23(17-37(24)31(39)43-18-21-7-5-4-6-8-21)30-35-28(32)27-29(33-13-14-36(27)30)34-16-22-10-12-25(40-2)15-26(22)41-3/h4-8,10,12-15,23-24H,9,11,16-19H2,1-3H3,(H,33,34)/t23-,24-/m1/s1. The molecule has 0 aliphatic carbocycles. The highest BCUT2D eigenvalue weighted by atomic mass is 79.9. The number of nitrogens with one attached hydrogen (secondary N) is 1. The molecule has 12 heteroatoms. The summed E-state index contributed by atoms with van der Waals surface area (Å²) in [6, 6.07) is 14.9. The number of methoxy groups -OCH3 is 2. The van der Waals surface area contributed by atoms with Crippen LogP contribution in [-0.2, 0) is 27.4 Å². The van der Waals surface area contributed by atoms with Crippen LogP contribution in [0.4, 0.5) is 10.6 Å². The summed E-state index contributed by atoms with van der Waals surface area (Å²) < 4.78 is 24.5. The maximum absolute atomic E-state index is 13.3. The number of amides is 1. The van der Waals surface area contributed by atoms with Gasteiger partial charge in [-0.2, -0.15) is 0 Å². The van der Waals surface area contributed by atoms with E-state index in [1.165, 1.54) is 6.92 Å². The molecule has 226 valence electrons. The molecule has 2 aromatic heterocycles. The third kappa shape index (κ3) is 7.02. The van der Waals surface area contributed by atoms with E-state index in [1.54, 1.807) is 25.3 Å². The lowest BCUT2D eigenvalue weighted by atomic mass is 9.92. The topological polar surface area (TPSA) is 117 Å². The number of aromatic nitrogens is 3. The Balaban J connectivity index is 1.36. The van der Waals surface area contributed by atoms with Crippen LogP contribution in [0.15, 0.2) is 65.5 Å². The average molecular weight is 653 g/mol. The van der Waals surface area contributed by atoms with Crippen molar-refractivity contribution in [3.63, 3.8) is 0 Å². The maximum Gasteiger partial charge on any atom is 0.410 e. The number of ether oxygens (including phenoxy) is 4. The molecule has 11 nitrogen and oxygen atoms in total. The monoisotopic (exact) mass is 651 g/mol. The number of esters is 1. The van der Waals surface area contributed by atoms with Crippen LogP contribution in [0.25, 0.3) is 5.52 Å². The fourth-order valence-corrected chi connectivity index (χ4v) is 5.83. The van der Waals surface area contributed by atoms with E-state index in [-0.39, 0.29) is 31.1 Å². The lowest BCUT2D eigenvalue weighted by Gasteiger charge is -2.38. The van der Waals surface area contributed by atoms with E-state index in [4.69, 9.17) is 23.9 Å². The van der Waals surface area contributed by atoms with Crippen LogP contribution < -0.4 is 14.8 Å². The number of anilines is 1. The smallest absolute Gasteiger partial charge is 0.410 e. The number of carbonyl (C=O) groups is 2. The predicted molar refractivity (Wildman–Crippen MR) is 163 cm³/mol. The molecule has 1 amide bonds. The first-order valence-corrected chi connectivity index (χ1v) is 14.7. The molecule has 4 aromatic rings. The SMILES string of the molecule is COc1ccc(CNc2nccn3c([C@@H]4CC[C@H](COC(C)=O)N(C(=O)OCc5ccccc5)C4)nc(Br)c23)c(OC)c1. The number of fused-ring (bicyclic) bond motifs is 1. The van der Waals surface area contributed by atoms with Crippen molar-refractivity contribution in [3.8, 4) is 11.5 Å². The Morgan fingerprint density at radius 2 is 1.88 bits per heavy atom. The molecule has 0 radical (unpaired) electrons. The Kier molecular flexibility index (Phi) is 9.65. The van der Waals surface area contributed by atoms with Gasteiger partial charge in [-0.05, 0) is 46.5 Å².